The van der Waals surface area contributed by atoms with Gasteiger partial charge in [0.1, 0.15) is 0 Å². The number of esters is 1. The highest BCUT2D eigenvalue weighted by atomic mass is 16.5. The Morgan fingerprint density at radius 3 is 1.11 bits per heavy atom. The van der Waals surface area contributed by atoms with Gasteiger partial charge in [0.15, 0.2) is 0 Å². The lowest BCUT2D eigenvalue weighted by atomic mass is 10.0. The van der Waals surface area contributed by atoms with Crippen molar-refractivity contribution in [2.24, 2.45) is 0 Å². The average molecular weight is 901 g/mol. The Balaban J connectivity index is 3.46. The number of nitrogens with one attached hydrogen (secondary N) is 1. The third kappa shape index (κ3) is 49.5. The molecule has 0 aliphatic rings. The van der Waals surface area contributed by atoms with E-state index in [-0.39, 0.29) is 18.5 Å². The Morgan fingerprint density at radius 1 is 0.422 bits per heavy atom. The number of aliphatic hydroxyl groups is 2. The summed E-state index contributed by atoms with van der Waals surface area (Å²) in [6.45, 7) is 4.88. The number of carbonyl (C=O) groups is 2. The molecule has 0 aromatic carbocycles. The van der Waals surface area contributed by atoms with Gasteiger partial charge in [-0.15, -0.1) is 0 Å². The molecule has 0 radical (unpaired) electrons. The summed E-state index contributed by atoms with van der Waals surface area (Å²) in [4.78, 5) is 24.5. The minimum absolute atomic E-state index is 0.00342. The van der Waals surface area contributed by atoms with Crippen molar-refractivity contribution in [1.82, 2.24) is 5.32 Å². The fourth-order valence-corrected chi connectivity index (χ4v) is 8.50. The van der Waals surface area contributed by atoms with Crippen LogP contribution < -0.4 is 5.32 Å². The smallest absolute Gasteiger partial charge is 0.305 e. The Morgan fingerprint density at radius 2 is 0.734 bits per heavy atom. The fraction of sp³-hybridized carbons (Fsp3) is 0.862. The maximum Gasteiger partial charge on any atom is 0.305 e. The number of carbonyl (C=O) groups excluding carboxylic acids is 2. The van der Waals surface area contributed by atoms with Crippen LogP contribution in [0.15, 0.2) is 36.5 Å². The van der Waals surface area contributed by atoms with Crippen LogP contribution in [0.2, 0.25) is 0 Å². The number of unbranched alkanes of at least 4 members (excludes halogenated alkanes) is 37. The lowest BCUT2D eigenvalue weighted by Crippen LogP contribution is -2.45. The molecule has 0 spiro atoms. The van der Waals surface area contributed by atoms with E-state index in [1.807, 2.05) is 6.08 Å². The van der Waals surface area contributed by atoms with Crippen LogP contribution in [0.25, 0.3) is 0 Å². The lowest BCUT2D eigenvalue weighted by Gasteiger charge is -2.20. The number of hydrogen-bond donors (Lipinski definition) is 3. The van der Waals surface area contributed by atoms with Gasteiger partial charge in [0.25, 0.3) is 0 Å². The van der Waals surface area contributed by atoms with Gasteiger partial charge in [-0.1, -0.05) is 237 Å². The molecule has 0 aromatic heterocycles. The van der Waals surface area contributed by atoms with Crippen LogP contribution in [0.4, 0.5) is 0 Å². The zero-order valence-corrected chi connectivity index (χ0v) is 42.8. The minimum atomic E-state index is -0.849. The molecule has 6 nitrogen and oxygen atoms in total. The van der Waals surface area contributed by atoms with Gasteiger partial charge in [-0.25, -0.2) is 0 Å². The van der Waals surface area contributed by atoms with Gasteiger partial charge in [-0.3, -0.25) is 9.59 Å². The minimum Gasteiger partial charge on any atom is -0.466 e. The first-order valence-corrected chi connectivity index (χ1v) is 28.3. The van der Waals surface area contributed by atoms with E-state index in [1.54, 1.807) is 6.08 Å². The number of allylic oxidation sites excluding steroid dienone is 5. The molecule has 1 amide bonds. The topological polar surface area (TPSA) is 95.9 Å². The van der Waals surface area contributed by atoms with Gasteiger partial charge < -0.3 is 20.3 Å². The van der Waals surface area contributed by atoms with E-state index in [1.165, 1.54) is 218 Å². The molecule has 6 heteroatoms. The van der Waals surface area contributed by atoms with E-state index in [2.05, 4.69) is 43.5 Å². The van der Waals surface area contributed by atoms with Gasteiger partial charge in [0.05, 0.1) is 25.4 Å². The molecule has 0 fully saturated rings. The quantitative estimate of drug-likeness (QED) is 0.0321. The number of amides is 1. The molecule has 0 aliphatic carbocycles. The molecule has 2 unspecified atom stereocenters. The molecule has 0 heterocycles. The SMILES string of the molecule is CCCCCCC/C=C\CCCCCCCC(=O)OCCCCCCCCCCC/C=C\CCCCCCCCCC(=O)NC(CO)C(O)/C=C/CCCCCCCCCCCCC. The van der Waals surface area contributed by atoms with Crippen LogP contribution in [-0.4, -0.2) is 47.4 Å². The van der Waals surface area contributed by atoms with Crippen molar-refractivity contribution in [3.05, 3.63) is 36.5 Å². The summed E-state index contributed by atoms with van der Waals surface area (Å²) in [6, 6.07) is -0.634. The second kappa shape index (κ2) is 53.7. The number of rotatable bonds is 52. The van der Waals surface area contributed by atoms with Gasteiger partial charge in [-0.05, 0) is 83.5 Å². The van der Waals surface area contributed by atoms with E-state index >= 15 is 0 Å². The first-order chi connectivity index (χ1) is 31.5. The van der Waals surface area contributed by atoms with Crippen molar-refractivity contribution in [3.63, 3.8) is 0 Å². The third-order valence-corrected chi connectivity index (χ3v) is 12.9. The van der Waals surface area contributed by atoms with Gasteiger partial charge in [0.2, 0.25) is 5.91 Å². The van der Waals surface area contributed by atoms with Crippen molar-refractivity contribution in [2.45, 2.75) is 309 Å². The van der Waals surface area contributed by atoms with Crippen LogP contribution in [0.5, 0.6) is 0 Å². The first-order valence-electron chi connectivity index (χ1n) is 28.3. The highest BCUT2D eigenvalue weighted by molar-refractivity contribution is 5.76. The Kier molecular flexibility index (Phi) is 52.1. The molecule has 0 saturated carbocycles. The van der Waals surface area contributed by atoms with Crippen LogP contribution in [-0.2, 0) is 14.3 Å². The maximum atomic E-state index is 12.4. The molecular formula is C58H109NO5. The summed E-state index contributed by atoms with van der Waals surface area (Å²) in [5.74, 6) is -0.0807. The predicted octanol–water partition coefficient (Wildman–Crippen LogP) is 17.2. The van der Waals surface area contributed by atoms with Crippen LogP contribution >= 0.6 is 0 Å². The third-order valence-electron chi connectivity index (χ3n) is 12.9. The van der Waals surface area contributed by atoms with Crippen molar-refractivity contribution in [1.29, 1.82) is 0 Å². The lowest BCUT2D eigenvalue weighted by molar-refractivity contribution is -0.143. The summed E-state index contributed by atoms with van der Waals surface area (Å²) in [5.41, 5.74) is 0. The largest absolute Gasteiger partial charge is 0.466 e. The molecule has 64 heavy (non-hydrogen) atoms. The Labute approximate surface area is 398 Å². The molecular weight excluding hydrogens is 791 g/mol. The van der Waals surface area contributed by atoms with Crippen LogP contribution in [0, 0.1) is 0 Å². The van der Waals surface area contributed by atoms with Crippen molar-refractivity contribution < 1.29 is 24.5 Å². The van der Waals surface area contributed by atoms with Crippen molar-refractivity contribution in [3.8, 4) is 0 Å². The average Bonchev–Trinajstić information content (AvgIpc) is 3.29. The molecule has 3 N–H and O–H groups in total. The van der Waals surface area contributed by atoms with E-state index < -0.39 is 12.1 Å². The monoisotopic (exact) mass is 900 g/mol. The summed E-state index contributed by atoms with van der Waals surface area (Å²) in [6.07, 6.45) is 65.9. The van der Waals surface area contributed by atoms with Crippen LogP contribution in [0.3, 0.4) is 0 Å². The fourth-order valence-electron chi connectivity index (χ4n) is 8.50. The second-order valence-electron chi connectivity index (χ2n) is 19.3. The van der Waals surface area contributed by atoms with Gasteiger partial charge in [0, 0.05) is 12.8 Å². The molecule has 0 bridgehead atoms. The molecule has 376 valence electrons. The molecule has 0 rings (SSSR count). The van der Waals surface area contributed by atoms with Crippen molar-refractivity contribution in [2.75, 3.05) is 13.2 Å². The van der Waals surface area contributed by atoms with E-state index in [0.717, 1.165) is 51.4 Å². The number of aliphatic hydroxyl groups excluding tert-OH is 2. The molecule has 0 aliphatic heterocycles. The zero-order valence-electron chi connectivity index (χ0n) is 42.8. The van der Waals surface area contributed by atoms with E-state index in [0.29, 0.717) is 19.4 Å². The first kappa shape index (κ1) is 62.1. The summed E-state index contributed by atoms with van der Waals surface area (Å²) in [7, 11) is 0. The Hall–Kier alpha value is -1.92. The van der Waals surface area contributed by atoms with E-state index in [4.69, 9.17) is 4.74 Å². The van der Waals surface area contributed by atoms with Crippen LogP contribution in [0.1, 0.15) is 296 Å². The highest BCUT2D eigenvalue weighted by Crippen LogP contribution is 2.15. The number of hydrogen-bond acceptors (Lipinski definition) is 5. The van der Waals surface area contributed by atoms with Gasteiger partial charge in [-0.2, -0.15) is 0 Å². The summed E-state index contributed by atoms with van der Waals surface area (Å²) < 4.78 is 5.47. The highest BCUT2D eigenvalue weighted by Gasteiger charge is 2.18. The normalized spacial score (nSPS) is 12.9. The van der Waals surface area contributed by atoms with Gasteiger partial charge >= 0.3 is 5.97 Å². The number of ether oxygens (including phenoxy) is 1. The van der Waals surface area contributed by atoms with Crippen molar-refractivity contribution >= 4 is 11.9 Å². The Bertz CT molecular complexity index is 1040. The maximum absolute atomic E-state index is 12.4. The molecule has 0 saturated heterocycles. The molecule has 2 atom stereocenters. The summed E-state index contributed by atoms with van der Waals surface area (Å²) in [5, 5.41) is 23.0. The second-order valence-corrected chi connectivity index (χ2v) is 19.3. The van der Waals surface area contributed by atoms with E-state index in [9.17, 15) is 19.8 Å². The zero-order chi connectivity index (χ0) is 46.5. The predicted molar refractivity (Wildman–Crippen MR) is 278 cm³/mol. The standard InChI is InChI=1S/C58H109NO5/c1-3-5-7-9-11-13-15-17-28-32-36-40-44-48-52-58(63)64-53-49-45-41-37-33-29-25-23-21-19-18-20-22-24-27-31-35-39-43-47-51-57(62)59-55(54-60)56(61)50-46-42-38-34-30-26-16-14-12-10-8-6-4-2/h15,17-18,20,46,50,55-56,60-61H,3-14,16,19,21-45,47-49,51-54H2,1-2H3,(H,59,62)/b17-15-,20-18-,50-46+. The molecule has 0 aromatic rings. The summed E-state index contributed by atoms with van der Waals surface area (Å²) >= 11 is 0.